The lowest BCUT2D eigenvalue weighted by atomic mass is 9.88. The van der Waals surface area contributed by atoms with E-state index in [0.29, 0.717) is 0 Å². The van der Waals surface area contributed by atoms with E-state index in [1.54, 1.807) is 21.3 Å². The molecule has 158 valence electrons. The van der Waals surface area contributed by atoms with Crippen molar-refractivity contribution in [2.24, 2.45) is 0 Å². The Morgan fingerprint density at radius 3 is 2.00 bits per heavy atom. The lowest BCUT2D eigenvalue weighted by Crippen LogP contribution is -2.18. The summed E-state index contributed by atoms with van der Waals surface area (Å²) in [6.07, 6.45) is 0.880. The van der Waals surface area contributed by atoms with Crippen LogP contribution in [0.15, 0.2) is 66.7 Å². The number of ether oxygens (including phenoxy) is 3. The Labute approximate surface area is 177 Å². The van der Waals surface area contributed by atoms with Gasteiger partial charge in [0.05, 0.1) is 21.3 Å². The molecule has 0 aliphatic heterocycles. The molecule has 0 amide bonds. The van der Waals surface area contributed by atoms with Crippen LogP contribution in [0.1, 0.15) is 29.0 Å². The summed E-state index contributed by atoms with van der Waals surface area (Å²) < 4.78 is 29.3. The van der Waals surface area contributed by atoms with Crippen molar-refractivity contribution in [3.63, 3.8) is 0 Å². The van der Waals surface area contributed by atoms with Crippen LogP contribution in [0, 0.1) is 5.82 Å². The molecule has 0 saturated heterocycles. The monoisotopic (exact) mass is 409 g/mol. The van der Waals surface area contributed by atoms with Gasteiger partial charge in [0.15, 0.2) is 11.5 Å². The summed E-state index contributed by atoms with van der Waals surface area (Å²) >= 11 is 0. The fourth-order valence-corrected chi connectivity index (χ4v) is 3.53. The highest BCUT2D eigenvalue weighted by Crippen LogP contribution is 2.30. The SMILES string of the molecule is COc1ccc([C@H](CCNCc2ccc(OC)c(OC)c2)c2ccc(F)cc2)cc1. The minimum Gasteiger partial charge on any atom is -0.497 e. The molecule has 3 rings (SSSR count). The first-order valence-corrected chi connectivity index (χ1v) is 9.95. The molecule has 0 heterocycles. The second-order valence-electron chi connectivity index (χ2n) is 7.03. The summed E-state index contributed by atoms with van der Waals surface area (Å²) in [5.41, 5.74) is 3.39. The van der Waals surface area contributed by atoms with E-state index in [9.17, 15) is 4.39 Å². The minimum absolute atomic E-state index is 0.161. The van der Waals surface area contributed by atoms with Gasteiger partial charge < -0.3 is 19.5 Å². The standard InChI is InChI=1S/C25H28FNO3/c1-28-22-11-7-20(8-12-22)23(19-5-9-21(26)10-6-19)14-15-27-17-18-4-13-24(29-2)25(16-18)30-3/h4-13,16,23,27H,14-15,17H2,1-3H3/t23-/m1/s1. The first kappa shape index (κ1) is 21.7. The maximum atomic E-state index is 13.4. The minimum atomic E-state index is -0.223. The molecule has 30 heavy (non-hydrogen) atoms. The highest BCUT2D eigenvalue weighted by atomic mass is 19.1. The second kappa shape index (κ2) is 10.6. The van der Waals surface area contributed by atoms with Gasteiger partial charge in [0, 0.05) is 12.5 Å². The Kier molecular flexibility index (Phi) is 7.69. The van der Waals surface area contributed by atoms with Crippen molar-refractivity contribution >= 4 is 0 Å². The molecule has 1 N–H and O–H groups in total. The van der Waals surface area contributed by atoms with Crippen molar-refractivity contribution in [2.75, 3.05) is 27.9 Å². The van der Waals surface area contributed by atoms with Gasteiger partial charge in [-0.25, -0.2) is 4.39 Å². The predicted molar refractivity (Wildman–Crippen MR) is 117 cm³/mol. The molecule has 3 aromatic carbocycles. The van der Waals surface area contributed by atoms with Gasteiger partial charge in [-0.1, -0.05) is 30.3 Å². The molecule has 0 aliphatic carbocycles. The fourth-order valence-electron chi connectivity index (χ4n) is 3.53. The van der Waals surface area contributed by atoms with Crippen LogP contribution in [-0.2, 0) is 6.54 Å². The Bertz CT molecular complexity index is 926. The molecule has 1 atom stereocenters. The molecule has 0 fully saturated rings. The highest BCUT2D eigenvalue weighted by Gasteiger charge is 2.14. The number of halogens is 1. The number of hydrogen-bond donors (Lipinski definition) is 1. The van der Waals surface area contributed by atoms with Crippen molar-refractivity contribution in [1.82, 2.24) is 5.32 Å². The summed E-state index contributed by atoms with van der Waals surface area (Å²) in [7, 11) is 4.92. The van der Waals surface area contributed by atoms with Crippen LogP contribution in [0.25, 0.3) is 0 Å². The number of hydrogen-bond acceptors (Lipinski definition) is 4. The van der Waals surface area contributed by atoms with E-state index in [1.165, 1.54) is 17.7 Å². The third kappa shape index (κ3) is 5.51. The maximum Gasteiger partial charge on any atom is 0.161 e. The molecule has 0 unspecified atom stereocenters. The normalized spacial score (nSPS) is 11.7. The molecule has 0 saturated carbocycles. The largest absolute Gasteiger partial charge is 0.497 e. The summed E-state index contributed by atoms with van der Waals surface area (Å²) in [5.74, 6) is 2.20. The Hall–Kier alpha value is -3.05. The molecular weight excluding hydrogens is 381 g/mol. The van der Waals surface area contributed by atoms with Crippen molar-refractivity contribution in [2.45, 2.75) is 18.9 Å². The van der Waals surface area contributed by atoms with Crippen LogP contribution in [0.3, 0.4) is 0 Å². The van der Waals surface area contributed by atoms with Gasteiger partial charge in [0.1, 0.15) is 11.6 Å². The second-order valence-corrected chi connectivity index (χ2v) is 7.03. The zero-order valence-electron chi connectivity index (χ0n) is 17.7. The van der Waals surface area contributed by atoms with Crippen LogP contribution in [0.5, 0.6) is 17.2 Å². The van der Waals surface area contributed by atoms with E-state index in [-0.39, 0.29) is 11.7 Å². The number of benzene rings is 3. The molecule has 0 aromatic heterocycles. The molecular formula is C25H28FNO3. The molecule has 0 bridgehead atoms. The summed E-state index contributed by atoms with van der Waals surface area (Å²) in [6.45, 7) is 1.53. The zero-order valence-corrected chi connectivity index (χ0v) is 17.7. The fraction of sp³-hybridized carbons (Fsp3) is 0.280. The van der Waals surface area contributed by atoms with Gasteiger partial charge in [-0.15, -0.1) is 0 Å². The van der Waals surface area contributed by atoms with Crippen molar-refractivity contribution < 1.29 is 18.6 Å². The first-order chi connectivity index (χ1) is 14.6. The zero-order chi connectivity index (χ0) is 21.3. The van der Waals surface area contributed by atoms with Gasteiger partial charge >= 0.3 is 0 Å². The van der Waals surface area contributed by atoms with E-state index < -0.39 is 0 Å². The third-order valence-corrected chi connectivity index (χ3v) is 5.18. The smallest absolute Gasteiger partial charge is 0.161 e. The molecule has 0 spiro atoms. The van der Waals surface area contributed by atoms with Gasteiger partial charge in [-0.2, -0.15) is 0 Å². The summed E-state index contributed by atoms with van der Waals surface area (Å²) in [5, 5.41) is 3.50. The van der Waals surface area contributed by atoms with E-state index in [1.807, 2.05) is 42.5 Å². The molecule has 0 aliphatic rings. The number of nitrogens with one attached hydrogen (secondary N) is 1. The van der Waals surface area contributed by atoms with Gasteiger partial charge in [0.25, 0.3) is 0 Å². The van der Waals surface area contributed by atoms with E-state index >= 15 is 0 Å². The summed E-state index contributed by atoms with van der Waals surface area (Å²) in [6, 6.07) is 20.7. The van der Waals surface area contributed by atoms with Crippen LogP contribution in [0.4, 0.5) is 4.39 Å². The Balaban J connectivity index is 1.67. The van der Waals surface area contributed by atoms with Gasteiger partial charge in [-0.05, 0) is 66.1 Å². The third-order valence-electron chi connectivity index (χ3n) is 5.18. The predicted octanol–water partition coefficient (Wildman–Crippen LogP) is 5.16. The van der Waals surface area contributed by atoms with Crippen molar-refractivity contribution in [3.05, 3.63) is 89.2 Å². The van der Waals surface area contributed by atoms with Crippen molar-refractivity contribution in [3.8, 4) is 17.2 Å². The Morgan fingerprint density at radius 2 is 1.40 bits per heavy atom. The van der Waals surface area contributed by atoms with Crippen LogP contribution < -0.4 is 19.5 Å². The first-order valence-electron chi connectivity index (χ1n) is 9.95. The maximum absolute atomic E-state index is 13.4. The van der Waals surface area contributed by atoms with Crippen LogP contribution in [0.2, 0.25) is 0 Å². The van der Waals surface area contributed by atoms with E-state index in [2.05, 4.69) is 17.4 Å². The summed E-state index contributed by atoms with van der Waals surface area (Å²) in [4.78, 5) is 0. The number of rotatable bonds is 10. The lowest BCUT2D eigenvalue weighted by molar-refractivity contribution is 0.354. The van der Waals surface area contributed by atoms with Crippen LogP contribution in [-0.4, -0.2) is 27.9 Å². The van der Waals surface area contributed by atoms with E-state index in [4.69, 9.17) is 14.2 Å². The van der Waals surface area contributed by atoms with Gasteiger partial charge in [0.2, 0.25) is 0 Å². The van der Waals surface area contributed by atoms with Gasteiger partial charge in [-0.3, -0.25) is 0 Å². The average molecular weight is 410 g/mol. The lowest BCUT2D eigenvalue weighted by Gasteiger charge is -2.19. The van der Waals surface area contributed by atoms with Crippen molar-refractivity contribution in [1.29, 1.82) is 0 Å². The highest BCUT2D eigenvalue weighted by molar-refractivity contribution is 5.43. The molecule has 3 aromatic rings. The molecule has 0 radical (unpaired) electrons. The topological polar surface area (TPSA) is 39.7 Å². The molecule has 4 nitrogen and oxygen atoms in total. The Morgan fingerprint density at radius 1 is 0.767 bits per heavy atom. The van der Waals surface area contributed by atoms with E-state index in [0.717, 1.165) is 47.9 Å². The number of methoxy groups -OCH3 is 3. The average Bonchev–Trinajstić information content (AvgIpc) is 2.80. The quantitative estimate of drug-likeness (QED) is 0.469. The van der Waals surface area contributed by atoms with Crippen LogP contribution >= 0.6 is 0 Å². The molecule has 5 heteroatoms.